The van der Waals surface area contributed by atoms with E-state index < -0.39 is 0 Å². The summed E-state index contributed by atoms with van der Waals surface area (Å²) in [5.74, 6) is 0.820. The van der Waals surface area contributed by atoms with Gasteiger partial charge in [0.1, 0.15) is 5.75 Å². The molecule has 88 valence electrons. The number of phenolic OH excluding ortho intramolecular Hbond substituents is 1. The van der Waals surface area contributed by atoms with Crippen molar-refractivity contribution in [2.45, 2.75) is 4.90 Å². The van der Waals surface area contributed by atoms with Crippen LogP contribution in [0.3, 0.4) is 0 Å². The van der Waals surface area contributed by atoms with E-state index in [4.69, 9.17) is 23.1 Å². The normalized spacial score (nSPS) is 8.93. The number of thioether (sulfide) groups is 1. The molecule has 0 saturated heterocycles. The Bertz CT molecular complexity index is 312. The van der Waals surface area contributed by atoms with Gasteiger partial charge in [-0.3, -0.25) is 0 Å². The van der Waals surface area contributed by atoms with Gasteiger partial charge in [-0.1, -0.05) is 11.6 Å². The van der Waals surface area contributed by atoms with Gasteiger partial charge < -0.3 is 16.6 Å². The Morgan fingerprint density at radius 3 is 2.47 bits per heavy atom. The van der Waals surface area contributed by atoms with Gasteiger partial charge >= 0.3 is 0 Å². The summed E-state index contributed by atoms with van der Waals surface area (Å²) in [6.07, 6.45) is 0. The number of hydrogen-bond donors (Lipinski definition) is 3. The summed E-state index contributed by atoms with van der Waals surface area (Å²) in [5.41, 5.74) is 11.6. The van der Waals surface area contributed by atoms with Crippen molar-refractivity contribution in [1.29, 1.82) is 0 Å². The first-order valence-electron chi connectivity index (χ1n) is 3.76. The van der Waals surface area contributed by atoms with E-state index in [9.17, 15) is 5.11 Å². The second-order valence-electron chi connectivity index (χ2n) is 2.48. The molecule has 1 aromatic carbocycles. The van der Waals surface area contributed by atoms with Gasteiger partial charge in [0, 0.05) is 22.9 Å². The maximum Gasteiger partial charge on any atom is 0.135 e. The maximum atomic E-state index is 9.29. The van der Waals surface area contributed by atoms with E-state index in [1.165, 1.54) is 17.8 Å². The van der Waals surface area contributed by atoms with Gasteiger partial charge in [-0.05, 0) is 12.1 Å². The first kappa shape index (κ1) is 17.4. The van der Waals surface area contributed by atoms with Crippen LogP contribution in [0, 0.1) is 0 Å². The summed E-state index contributed by atoms with van der Waals surface area (Å²) < 4.78 is 0. The number of halogens is 3. The van der Waals surface area contributed by atoms with Crippen LogP contribution in [0.2, 0.25) is 5.02 Å². The van der Waals surface area contributed by atoms with Crippen LogP contribution in [0.5, 0.6) is 5.75 Å². The zero-order chi connectivity index (χ0) is 9.84. The van der Waals surface area contributed by atoms with Crippen molar-refractivity contribution < 1.29 is 5.11 Å². The van der Waals surface area contributed by atoms with E-state index >= 15 is 0 Å². The van der Waals surface area contributed by atoms with Gasteiger partial charge in [0.05, 0.1) is 5.02 Å². The molecule has 0 fully saturated rings. The maximum absolute atomic E-state index is 9.29. The van der Waals surface area contributed by atoms with E-state index in [0.29, 0.717) is 12.2 Å². The Morgan fingerprint density at radius 1 is 1.33 bits per heavy atom. The van der Waals surface area contributed by atoms with Crippen LogP contribution in [0.25, 0.3) is 0 Å². The molecule has 0 radical (unpaired) electrons. The zero-order valence-corrected chi connectivity index (χ0v) is 11.0. The molecular formula is C8H13Cl3N2OS. The van der Waals surface area contributed by atoms with Crippen molar-refractivity contribution in [2.75, 3.05) is 18.0 Å². The Balaban J connectivity index is 0. The second-order valence-corrected chi connectivity index (χ2v) is 4.02. The van der Waals surface area contributed by atoms with E-state index in [1.54, 1.807) is 6.07 Å². The molecule has 0 aromatic heterocycles. The minimum absolute atomic E-state index is 0. The highest BCUT2D eigenvalue weighted by Crippen LogP contribution is 2.33. The van der Waals surface area contributed by atoms with Gasteiger partial charge in [-0.25, -0.2) is 0 Å². The second kappa shape index (κ2) is 8.19. The monoisotopic (exact) mass is 290 g/mol. The minimum atomic E-state index is 0. The Labute approximate surface area is 110 Å². The van der Waals surface area contributed by atoms with Crippen molar-refractivity contribution in [2.24, 2.45) is 5.73 Å². The molecule has 0 spiro atoms. The topological polar surface area (TPSA) is 72.3 Å². The third-order valence-electron chi connectivity index (χ3n) is 1.45. The standard InChI is InChI=1S/C8H11ClN2OS.2ClH/c9-5-3-6(11)8(4-7(5)12)13-2-1-10;;/h3-4,12H,1-2,10-11H2;2*1H. The number of benzene rings is 1. The molecule has 0 aliphatic carbocycles. The first-order valence-corrected chi connectivity index (χ1v) is 5.12. The van der Waals surface area contributed by atoms with Crippen molar-refractivity contribution in [1.82, 2.24) is 0 Å². The van der Waals surface area contributed by atoms with Gasteiger partial charge in [0.25, 0.3) is 0 Å². The summed E-state index contributed by atoms with van der Waals surface area (Å²) in [7, 11) is 0. The summed E-state index contributed by atoms with van der Waals surface area (Å²) in [5, 5.41) is 9.56. The van der Waals surface area contributed by atoms with Gasteiger partial charge in [-0.15, -0.1) is 36.6 Å². The van der Waals surface area contributed by atoms with Gasteiger partial charge in [-0.2, -0.15) is 0 Å². The molecule has 7 heteroatoms. The van der Waals surface area contributed by atoms with Crippen molar-refractivity contribution in [3.05, 3.63) is 17.2 Å². The third-order valence-corrected chi connectivity index (χ3v) is 2.86. The molecule has 0 bridgehead atoms. The van der Waals surface area contributed by atoms with Crippen LogP contribution in [0.1, 0.15) is 0 Å². The van der Waals surface area contributed by atoms with Gasteiger partial charge in [0.15, 0.2) is 0 Å². The molecule has 0 saturated carbocycles. The largest absolute Gasteiger partial charge is 0.506 e. The van der Waals surface area contributed by atoms with Crippen LogP contribution in [0.15, 0.2) is 17.0 Å². The van der Waals surface area contributed by atoms with Crippen LogP contribution in [-0.4, -0.2) is 17.4 Å². The highest BCUT2D eigenvalue weighted by atomic mass is 35.5. The number of phenols is 1. The Kier molecular flexibility index (Phi) is 9.49. The van der Waals surface area contributed by atoms with E-state index in [-0.39, 0.29) is 35.6 Å². The number of rotatable bonds is 3. The fourth-order valence-electron chi connectivity index (χ4n) is 0.852. The lowest BCUT2D eigenvalue weighted by Gasteiger charge is -2.06. The highest BCUT2D eigenvalue weighted by molar-refractivity contribution is 7.99. The molecule has 0 atom stereocenters. The van der Waals surface area contributed by atoms with Crippen LogP contribution >= 0.6 is 48.2 Å². The predicted molar refractivity (Wildman–Crippen MR) is 71.8 cm³/mol. The Morgan fingerprint density at radius 2 is 1.93 bits per heavy atom. The molecule has 0 heterocycles. The Hall–Kier alpha value is -0.000000000000000167. The van der Waals surface area contributed by atoms with Crippen molar-refractivity contribution in [3.63, 3.8) is 0 Å². The van der Waals surface area contributed by atoms with Gasteiger partial charge in [0.2, 0.25) is 0 Å². The molecule has 1 aromatic rings. The molecule has 0 aliphatic heterocycles. The van der Waals surface area contributed by atoms with Crippen LogP contribution < -0.4 is 11.5 Å². The lowest BCUT2D eigenvalue weighted by Crippen LogP contribution is -2.01. The number of aromatic hydroxyl groups is 1. The molecule has 15 heavy (non-hydrogen) atoms. The first-order chi connectivity index (χ1) is 6.15. The fourth-order valence-corrected chi connectivity index (χ4v) is 1.78. The summed E-state index contributed by atoms with van der Waals surface area (Å²) in [6.45, 7) is 0.577. The molecule has 1 rings (SSSR count). The predicted octanol–water partition coefficient (Wildman–Crippen LogP) is 2.52. The van der Waals surface area contributed by atoms with Crippen LogP contribution in [-0.2, 0) is 0 Å². The van der Waals surface area contributed by atoms with E-state index in [1.807, 2.05) is 0 Å². The third kappa shape index (κ3) is 5.04. The minimum Gasteiger partial charge on any atom is -0.506 e. The molecular weight excluding hydrogens is 279 g/mol. The van der Waals surface area contributed by atoms with E-state index in [0.717, 1.165) is 10.6 Å². The molecule has 5 N–H and O–H groups in total. The molecule has 0 amide bonds. The fraction of sp³-hybridized carbons (Fsp3) is 0.250. The van der Waals surface area contributed by atoms with E-state index in [2.05, 4.69) is 0 Å². The van der Waals surface area contributed by atoms with Crippen molar-refractivity contribution in [3.8, 4) is 5.75 Å². The summed E-state index contributed by atoms with van der Waals surface area (Å²) in [6, 6.07) is 3.09. The number of hydrogen-bond acceptors (Lipinski definition) is 4. The SMILES string of the molecule is Cl.Cl.NCCSc1cc(O)c(Cl)cc1N. The summed E-state index contributed by atoms with van der Waals surface area (Å²) in [4.78, 5) is 0.812. The van der Waals surface area contributed by atoms with Crippen LogP contribution in [0.4, 0.5) is 5.69 Å². The lowest BCUT2D eigenvalue weighted by atomic mass is 10.3. The number of nitrogens with two attached hydrogens (primary N) is 2. The smallest absolute Gasteiger partial charge is 0.135 e. The molecule has 3 nitrogen and oxygen atoms in total. The number of anilines is 1. The zero-order valence-electron chi connectivity index (χ0n) is 7.77. The number of nitrogen functional groups attached to an aromatic ring is 1. The quantitative estimate of drug-likeness (QED) is 0.454. The van der Waals surface area contributed by atoms with Crippen molar-refractivity contribution >= 4 is 53.9 Å². The average molecular weight is 292 g/mol. The molecule has 0 aliphatic rings. The summed E-state index contributed by atoms with van der Waals surface area (Å²) >= 11 is 7.16. The average Bonchev–Trinajstić information content (AvgIpc) is 2.09. The molecule has 0 unspecified atom stereocenters. The highest BCUT2D eigenvalue weighted by Gasteiger charge is 2.05. The lowest BCUT2D eigenvalue weighted by molar-refractivity contribution is 0.474.